The van der Waals surface area contributed by atoms with Gasteiger partial charge >= 0.3 is 0 Å². The van der Waals surface area contributed by atoms with E-state index in [2.05, 4.69) is 39.8 Å². The van der Waals surface area contributed by atoms with Crippen LogP contribution in [0.15, 0.2) is 42.5 Å². The average Bonchev–Trinajstić information content (AvgIpc) is 2.67. The molecule has 0 saturated carbocycles. The molecule has 0 aliphatic carbocycles. The number of aliphatic hydroxyl groups excluding tert-OH is 1. The van der Waals surface area contributed by atoms with Gasteiger partial charge in [-0.3, -0.25) is 0 Å². The maximum absolute atomic E-state index is 10.2. The molecular weight excluding hydrogens is 348 g/mol. The van der Waals surface area contributed by atoms with Crippen molar-refractivity contribution in [1.29, 1.82) is 0 Å². The molecular formula is C25H32O3. The van der Waals surface area contributed by atoms with Gasteiger partial charge in [0.05, 0.1) is 6.10 Å². The molecule has 0 unspecified atom stereocenters. The number of hydrogen-bond donors (Lipinski definition) is 1. The van der Waals surface area contributed by atoms with E-state index in [4.69, 9.17) is 9.47 Å². The lowest BCUT2D eigenvalue weighted by molar-refractivity contribution is 0.0213. The lowest BCUT2D eigenvalue weighted by Crippen LogP contribution is -2.40. The average molecular weight is 381 g/mol. The van der Waals surface area contributed by atoms with E-state index in [0.717, 1.165) is 35.5 Å². The van der Waals surface area contributed by atoms with Gasteiger partial charge in [-0.2, -0.15) is 0 Å². The molecule has 1 N–H and O–H groups in total. The molecule has 0 saturated heterocycles. The van der Waals surface area contributed by atoms with Crippen molar-refractivity contribution in [3.63, 3.8) is 0 Å². The number of rotatable bonds is 6. The Morgan fingerprint density at radius 2 is 1.86 bits per heavy atom. The molecule has 2 aromatic rings. The highest BCUT2D eigenvalue weighted by Crippen LogP contribution is 2.45. The minimum absolute atomic E-state index is 0.359. The lowest BCUT2D eigenvalue weighted by Gasteiger charge is -2.39. The number of aliphatic hydroxyl groups is 1. The van der Waals surface area contributed by atoms with Gasteiger partial charge in [0.25, 0.3) is 0 Å². The van der Waals surface area contributed by atoms with E-state index in [1.165, 1.54) is 16.7 Å². The largest absolute Gasteiger partial charge is 0.488 e. The number of allylic oxidation sites excluding steroid dienone is 1. The fraction of sp³-hybridized carbons (Fsp3) is 0.440. The first-order valence-electron chi connectivity index (χ1n) is 10.1. The Balaban J connectivity index is 1.86. The van der Waals surface area contributed by atoms with Crippen LogP contribution in [0.2, 0.25) is 0 Å². The van der Waals surface area contributed by atoms with Crippen LogP contribution in [-0.4, -0.2) is 16.8 Å². The first-order valence-corrected chi connectivity index (χ1v) is 10.1. The Hall–Kier alpha value is -2.26. The van der Waals surface area contributed by atoms with Crippen molar-refractivity contribution >= 4 is 0 Å². The molecule has 3 heteroatoms. The Labute approximate surface area is 169 Å². The summed E-state index contributed by atoms with van der Waals surface area (Å²) >= 11 is 0. The van der Waals surface area contributed by atoms with Gasteiger partial charge in [-0.1, -0.05) is 42.5 Å². The Morgan fingerprint density at radius 3 is 2.54 bits per heavy atom. The number of ether oxygens (including phenoxy) is 2. The molecule has 0 radical (unpaired) electrons. The van der Waals surface area contributed by atoms with Gasteiger partial charge in [-0.25, -0.2) is 0 Å². The van der Waals surface area contributed by atoms with E-state index in [9.17, 15) is 5.11 Å². The van der Waals surface area contributed by atoms with Crippen molar-refractivity contribution < 1.29 is 14.6 Å². The fourth-order valence-electron chi connectivity index (χ4n) is 4.10. The normalized spacial score (nSPS) is 19.9. The topological polar surface area (TPSA) is 38.7 Å². The van der Waals surface area contributed by atoms with Crippen LogP contribution >= 0.6 is 0 Å². The van der Waals surface area contributed by atoms with Crippen molar-refractivity contribution in [1.82, 2.24) is 0 Å². The highest BCUT2D eigenvalue weighted by molar-refractivity contribution is 5.59. The van der Waals surface area contributed by atoms with Gasteiger partial charge in [-0.05, 0) is 69.7 Å². The van der Waals surface area contributed by atoms with Crippen LogP contribution in [0.3, 0.4) is 0 Å². The minimum Gasteiger partial charge on any atom is -0.488 e. The van der Waals surface area contributed by atoms with E-state index in [1.54, 1.807) is 0 Å². The molecule has 150 valence electrons. The second-order valence-corrected chi connectivity index (χ2v) is 8.14. The van der Waals surface area contributed by atoms with Crippen LogP contribution in [0.4, 0.5) is 0 Å². The summed E-state index contributed by atoms with van der Waals surface area (Å²) in [7, 11) is 0. The summed E-state index contributed by atoms with van der Waals surface area (Å²) in [5.74, 6) is 1.95. The van der Waals surface area contributed by atoms with Gasteiger partial charge in [0, 0.05) is 12.0 Å². The molecule has 2 atom stereocenters. The minimum atomic E-state index is -0.479. The summed E-state index contributed by atoms with van der Waals surface area (Å²) in [6, 6.07) is 10.3. The molecule has 0 bridgehead atoms. The Kier molecular flexibility index (Phi) is 6.14. The first-order chi connectivity index (χ1) is 13.3. The molecule has 0 amide bonds. The number of fused-ring (bicyclic) bond motifs is 1. The molecule has 28 heavy (non-hydrogen) atoms. The van der Waals surface area contributed by atoms with Crippen LogP contribution in [0.25, 0.3) is 0 Å². The van der Waals surface area contributed by atoms with Crippen molar-refractivity contribution in [3.8, 4) is 11.5 Å². The van der Waals surface area contributed by atoms with Crippen LogP contribution in [-0.2, 0) is 13.0 Å². The zero-order valence-electron chi connectivity index (χ0n) is 17.7. The smallest absolute Gasteiger partial charge is 0.127 e. The lowest BCUT2D eigenvalue weighted by atomic mass is 9.84. The summed E-state index contributed by atoms with van der Waals surface area (Å²) in [6.07, 6.45) is 5.65. The molecule has 1 aliphatic rings. The quantitative estimate of drug-likeness (QED) is 0.663. The van der Waals surface area contributed by atoms with E-state index in [0.29, 0.717) is 13.0 Å². The van der Waals surface area contributed by atoms with Gasteiger partial charge in [0.2, 0.25) is 0 Å². The molecule has 0 fully saturated rings. The van der Waals surface area contributed by atoms with Gasteiger partial charge in [-0.15, -0.1) is 0 Å². The predicted octanol–water partition coefficient (Wildman–Crippen LogP) is 5.60. The number of benzene rings is 2. The molecule has 0 aromatic heterocycles. The van der Waals surface area contributed by atoms with E-state index >= 15 is 0 Å². The second kappa shape index (κ2) is 8.40. The van der Waals surface area contributed by atoms with Crippen molar-refractivity contribution in [2.45, 2.75) is 72.2 Å². The summed E-state index contributed by atoms with van der Waals surface area (Å²) in [5, 5.41) is 10.2. The third-order valence-corrected chi connectivity index (χ3v) is 5.84. The molecule has 1 heterocycles. The van der Waals surface area contributed by atoms with Crippen molar-refractivity contribution in [3.05, 3.63) is 70.3 Å². The first kappa shape index (κ1) is 20.5. The summed E-state index contributed by atoms with van der Waals surface area (Å²) in [4.78, 5) is 0. The summed E-state index contributed by atoms with van der Waals surface area (Å²) in [5.41, 5.74) is 5.48. The van der Waals surface area contributed by atoms with Crippen molar-refractivity contribution in [2.24, 2.45) is 0 Å². The zero-order chi connectivity index (χ0) is 20.3. The van der Waals surface area contributed by atoms with Crippen LogP contribution in [0, 0.1) is 20.8 Å². The predicted molar refractivity (Wildman–Crippen MR) is 114 cm³/mol. The third kappa shape index (κ3) is 4.25. The van der Waals surface area contributed by atoms with E-state index in [-0.39, 0.29) is 5.60 Å². The SMILES string of the molecule is C/C=C\[C@@H](O)C[C@]1(C)CCc2c(C)c(OCc3ccccc3)c(C)c(C)c2O1. The Bertz CT molecular complexity index is 854. The van der Waals surface area contributed by atoms with Gasteiger partial charge in [0.1, 0.15) is 23.7 Å². The molecule has 2 aromatic carbocycles. The monoisotopic (exact) mass is 380 g/mol. The summed E-state index contributed by atoms with van der Waals surface area (Å²) < 4.78 is 12.7. The zero-order valence-corrected chi connectivity index (χ0v) is 17.7. The molecule has 0 spiro atoms. The highest BCUT2D eigenvalue weighted by Gasteiger charge is 2.36. The third-order valence-electron chi connectivity index (χ3n) is 5.84. The molecule has 3 nitrogen and oxygen atoms in total. The fourth-order valence-corrected chi connectivity index (χ4v) is 4.10. The van der Waals surface area contributed by atoms with Crippen LogP contribution < -0.4 is 9.47 Å². The highest BCUT2D eigenvalue weighted by atomic mass is 16.5. The van der Waals surface area contributed by atoms with Gasteiger partial charge < -0.3 is 14.6 Å². The Morgan fingerprint density at radius 1 is 1.14 bits per heavy atom. The van der Waals surface area contributed by atoms with Crippen molar-refractivity contribution in [2.75, 3.05) is 0 Å². The maximum Gasteiger partial charge on any atom is 0.127 e. The van der Waals surface area contributed by atoms with E-state index < -0.39 is 6.10 Å². The summed E-state index contributed by atoms with van der Waals surface area (Å²) in [6.45, 7) is 10.9. The van der Waals surface area contributed by atoms with E-state index in [1.807, 2.05) is 37.3 Å². The molecule has 3 rings (SSSR count). The molecule has 1 aliphatic heterocycles. The second-order valence-electron chi connectivity index (χ2n) is 8.14. The number of hydrogen-bond acceptors (Lipinski definition) is 3. The van der Waals surface area contributed by atoms with Crippen LogP contribution in [0.1, 0.15) is 54.5 Å². The van der Waals surface area contributed by atoms with Crippen LogP contribution in [0.5, 0.6) is 11.5 Å². The maximum atomic E-state index is 10.2. The standard InChI is InChI=1S/C25H32O3/c1-6-10-21(26)15-25(5)14-13-22-19(4)23(17(2)18(3)24(22)28-25)27-16-20-11-8-7-9-12-20/h6-12,21,26H,13-16H2,1-5H3/b10-6-/t21-,25+/m1/s1. The van der Waals surface area contributed by atoms with Gasteiger partial charge in [0.15, 0.2) is 0 Å².